The number of ether oxygens (including phenoxy) is 3. The summed E-state index contributed by atoms with van der Waals surface area (Å²) in [6.45, 7) is 3.15. The number of carbonyl (C=O) groups is 2. The zero-order valence-corrected chi connectivity index (χ0v) is 23.9. The number of phosphoric acid groups is 1. The number of hydrogen-bond acceptors (Lipinski definition) is 11. The van der Waals surface area contributed by atoms with Gasteiger partial charge in [0.05, 0.1) is 19.8 Å². The lowest BCUT2D eigenvalue weighted by molar-refractivity contribution is -0.132. The summed E-state index contributed by atoms with van der Waals surface area (Å²) in [5.41, 5.74) is -0.0210. The zero-order valence-electron chi connectivity index (χ0n) is 23.0. The molecule has 1 aromatic heterocycles. The molecule has 0 spiro atoms. The Labute approximate surface area is 240 Å². The number of benzene rings is 2. The summed E-state index contributed by atoms with van der Waals surface area (Å²) in [7, 11) is -4.34. The van der Waals surface area contributed by atoms with E-state index in [9.17, 15) is 23.7 Å². The molecule has 0 amide bonds. The number of aromatic nitrogens is 2. The third kappa shape index (κ3) is 8.21. The summed E-state index contributed by atoms with van der Waals surface area (Å²) < 4.78 is 48.1. The number of carbonyl (C=O) groups excluding carboxylic acids is 2. The summed E-state index contributed by atoms with van der Waals surface area (Å²) >= 11 is 0. The Kier molecular flexibility index (Phi) is 10.0. The maximum atomic E-state index is 13.8. The second kappa shape index (κ2) is 13.7. The molecule has 0 saturated heterocycles. The van der Waals surface area contributed by atoms with Crippen LogP contribution in [0.5, 0.6) is 11.5 Å². The average Bonchev–Trinajstić information content (AvgIpc) is 3.41. The van der Waals surface area contributed by atoms with Gasteiger partial charge in [-0.15, -0.1) is 0 Å². The normalized spacial score (nSPS) is 16.4. The molecule has 0 bridgehead atoms. The van der Waals surface area contributed by atoms with Crippen LogP contribution in [-0.4, -0.2) is 34.2 Å². The molecule has 13 nitrogen and oxygen atoms in total. The lowest BCUT2D eigenvalue weighted by atomic mass is 10.2. The van der Waals surface area contributed by atoms with Gasteiger partial charge in [0.25, 0.3) is 5.56 Å². The highest BCUT2D eigenvalue weighted by molar-refractivity contribution is 7.48. The minimum atomic E-state index is -4.34. The van der Waals surface area contributed by atoms with Gasteiger partial charge in [-0.3, -0.25) is 37.5 Å². The van der Waals surface area contributed by atoms with E-state index in [4.69, 9.17) is 27.8 Å². The highest BCUT2D eigenvalue weighted by Gasteiger charge is 2.31. The molecule has 2 atom stereocenters. The molecule has 3 aromatic rings. The smallest absolute Gasteiger partial charge is 0.426 e. The van der Waals surface area contributed by atoms with Crippen molar-refractivity contribution >= 4 is 19.8 Å². The molecule has 14 heteroatoms. The lowest BCUT2D eigenvalue weighted by Gasteiger charge is -2.21. The molecule has 0 aliphatic carbocycles. The molecule has 42 heavy (non-hydrogen) atoms. The fraction of sp³-hybridized carbons (Fsp3) is 0.286. The van der Waals surface area contributed by atoms with Gasteiger partial charge in [0, 0.05) is 36.7 Å². The van der Waals surface area contributed by atoms with Crippen LogP contribution in [0.3, 0.4) is 0 Å². The Morgan fingerprint density at radius 2 is 1.43 bits per heavy atom. The Hall–Kier alpha value is -4.13. The van der Waals surface area contributed by atoms with E-state index in [0.717, 1.165) is 0 Å². The van der Waals surface area contributed by atoms with Crippen molar-refractivity contribution in [2.45, 2.75) is 46.3 Å². The summed E-state index contributed by atoms with van der Waals surface area (Å²) in [5.74, 6) is -0.667. The first kappa shape index (κ1) is 30.8. The maximum Gasteiger partial charge on any atom is 0.475 e. The van der Waals surface area contributed by atoms with Gasteiger partial charge >= 0.3 is 25.5 Å². The molecule has 4 rings (SSSR count). The van der Waals surface area contributed by atoms with Gasteiger partial charge in [-0.25, -0.2) is 9.36 Å². The lowest BCUT2D eigenvalue weighted by Crippen LogP contribution is -2.33. The van der Waals surface area contributed by atoms with Crippen LogP contribution in [-0.2, 0) is 45.7 Å². The molecule has 0 fully saturated rings. The van der Waals surface area contributed by atoms with Gasteiger partial charge < -0.3 is 14.2 Å². The number of hydrogen-bond donors (Lipinski definition) is 1. The first-order valence-electron chi connectivity index (χ1n) is 12.7. The Bertz CT molecular complexity index is 1580. The third-order valence-electron chi connectivity index (χ3n) is 5.83. The summed E-state index contributed by atoms with van der Waals surface area (Å²) in [6, 6.07) is 13.0. The van der Waals surface area contributed by atoms with Gasteiger partial charge in [0.15, 0.2) is 6.23 Å². The van der Waals surface area contributed by atoms with Gasteiger partial charge in [0.1, 0.15) is 17.6 Å². The van der Waals surface area contributed by atoms with Gasteiger partial charge in [-0.1, -0.05) is 42.5 Å². The second-order valence-corrected chi connectivity index (χ2v) is 10.8. The predicted octanol–water partition coefficient (Wildman–Crippen LogP) is 3.71. The number of nitrogens with zero attached hydrogens (tertiary/aromatic N) is 1. The number of nitrogens with one attached hydrogen (secondary N) is 1. The molecule has 1 aliphatic heterocycles. The van der Waals surface area contributed by atoms with Crippen molar-refractivity contribution in [2.75, 3.05) is 6.61 Å². The van der Waals surface area contributed by atoms with E-state index in [2.05, 4.69) is 4.98 Å². The second-order valence-electron chi connectivity index (χ2n) is 9.12. The SMILES string of the molecule is CC(=O)Oc1ccccc1COP(=O)(OCc1ccccc1OC(C)=O)OC[C@@H]1C=C[C@H](n2cc(C)c(=O)[nH]c2=O)O1. The minimum Gasteiger partial charge on any atom is -0.426 e. The van der Waals surface area contributed by atoms with Gasteiger partial charge in [-0.2, -0.15) is 0 Å². The van der Waals surface area contributed by atoms with Crippen LogP contribution in [0.1, 0.15) is 36.8 Å². The van der Waals surface area contributed by atoms with Crippen LogP contribution in [0.2, 0.25) is 0 Å². The average molecular weight is 601 g/mol. The maximum absolute atomic E-state index is 13.8. The predicted molar refractivity (Wildman–Crippen MR) is 148 cm³/mol. The molecule has 0 unspecified atom stereocenters. The quantitative estimate of drug-likeness (QED) is 0.140. The number of rotatable bonds is 12. The molecule has 222 valence electrons. The zero-order chi connectivity index (χ0) is 30.3. The molecule has 0 radical (unpaired) electrons. The highest BCUT2D eigenvalue weighted by atomic mass is 31.2. The Morgan fingerprint density at radius 1 is 0.881 bits per heavy atom. The summed E-state index contributed by atoms with van der Waals surface area (Å²) in [5, 5.41) is 0. The first-order chi connectivity index (χ1) is 20.0. The van der Waals surface area contributed by atoms with E-state index < -0.39 is 43.3 Å². The van der Waals surface area contributed by atoms with Crippen LogP contribution in [0.15, 0.2) is 76.5 Å². The largest absolute Gasteiger partial charge is 0.475 e. The standard InChI is InChI=1S/C28H29N2O11P/c1-18-14-30(28(34)29-27(18)33)26-13-12-23(41-26)17-38-42(35,36-15-21-8-4-6-10-24(21)39-19(2)31)37-16-22-9-5-7-11-25(22)40-20(3)32/h4-14,23,26H,15-17H2,1-3H3,(H,29,33,34)/t23-,26+/m0/s1. The number of aromatic amines is 1. The molecule has 1 aliphatic rings. The van der Waals surface area contributed by atoms with Crippen LogP contribution < -0.4 is 20.7 Å². The number of esters is 2. The fourth-order valence-electron chi connectivity index (χ4n) is 3.85. The van der Waals surface area contributed by atoms with Crippen molar-refractivity contribution in [1.29, 1.82) is 0 Å². The van der Waals surface area contributed by atoms with Crippen LogP contribution in [0.4, 0.5) is 0 Å². The van der Waals surface area contributed by atoms with E-state index in [0.29, 0.717) is 16.7 Å². The van der Waals surface area contributed by atoms with Gasteiger partial charge in [0.2, 0.25) is 0 Å². The van der Waals surface area contributed by atoms with Crippen LogP contribution >= 0.6 is 7.82 Å². The van der Waals surface area contributed by atoms with Crippen molar-refractivity contribution in [2.24, 2.45) is 0 Å². The molecule has 1 N–H and O–H groups in total. The van der Waals surface area contributed by atoms with E-state index in [-0.39, 0.29) is 31.3 Å². The van der Waals surface area contributed by atoms with Crippen molar-refractivity contribution in [1.82, 2.24) is 9.55 Å². The molecule has 0 saturated carbocycles. The van der Waals surface area contributed by atoms with Crippen molar-refractivity contribution in [3.05, 3.63) is 104 Å². The van der Waals surface area contributed by atoms with E-state index in [1.807, 2.05) is 0 Å². The van der Waals surface area contributed by atoms with Crippen LogP contribution in [0.25, 0.3) is 0 Å². The monoisotopic (exact) mass is 600 g/mol. The number of H-pyrrole nitrogens is 1. The topological polar surface area (TPSA) is 161 Å². The van der Waals surface area contributed by atoms with Crippen LogP contribution in [0, 0.1) is 6.92 Å². The van der Waals surface area contributed by atoms with Crippen molar-refractivity contribution < 1.29 is 41.9 Å². The summed E-state index contributed by atoms with van der Waals surface area (Å²) in [4.78, 5) is 49.2. The summed E-state index contributed by atoms with van der Waals surface area (Å²) in [6.07, 6.45) is 2.97. The fourth-order valence-corrected chi connectivity index (χ4v) is 4.99. The minimum absolute atomic E-state index is 0.211. The molecular formula is C28H29N2O11P. The Balaban J connectivity index is 1.49. The molecule has 2 aromatic carbocycles. The van der Waals surface area contributed by atoms with Crippen molar-refractivity contribution in [3.8, 4) is 11.5 Å². The number of para-hydroxylation sites is 2. The third-order valence-corrected chi connectivity index (χ3v) is 7.19. The molecular weight excluding hydrogens is 571 g/mol. The number of aryl methyl sites for hydroxylation is 1. The van der Waals surface area contributed by atoms with E-state index in [1.165, 1.54) is 24.6 Å². The van der Waals surface area contributed by atoms with E-state index >= 15 is 0 Å². The molecule has 2 heterocycles. The van der Waals surface area contributed by atoms with Crippen molar-refractivity contribution in [3.63, 3.8) is 0 Å². The van der Waals surface area contributed by atoms with Gasteiger partial charge in [-0.05, 0) is 25.1 Å². The number of phosphoric ester groups is 1. The van der Waals surface area contributed by atoms with E-state index in [1.54, 1.807) is 67.6 Å². The highest BCUT2D eigenvalue weighted by Crippen LogP contribution is 2.52. The Morgan fingerprint density at radius 3 is 1.98 bits per heavy atom. The first-order valence-corrected chi connectivity index (χ1v) is 14.2.